The number of hydrogen-bond acceptors (Lipinski definition) is 7. The van der Waals surface area contributed by atoms with Crippen LogP contribution < -0.4 is 17.0 Å². The Hall–Kier alpha value is -2.56. The zero-order chi connectivity index (χ0) is 20.6. The molecule has 0 spiro atoms. The lowest BCUT2D eigenvalue weighted by Gasteiger charge is -2.10. The fraction of sp³-hybridized carbons (Fsp3) is 0.188. The van der Waals surface area contributed by atoms with Gasteiger partial charge in [-0.15, -0.1) is 5.10 Å². The van der Waals surface area contributed by atoms with Gasteiger partial charge < -0.3 is 5.73 Å². The summed E-state index contributed by atoms with van der Waals surface area (Å²) in [4.78, 5) is 40.9. The summed E-state index contributed by atoms with van der Waals surface area (Å²) in [5, 5.41) is 7.94. The minimum atomic E-state index is -0.741. The molecule has 0 saturated carbocycles. The average Bonchev–Trinajstić information content (AvgIpc) is 3.12. The minimum Gasteiger partial charge on any atom is -0.384 e. The van der Waals surface area contributed by atoms with Crippen molar-refractivity contribution in [2.24, 2.45) is 14.1 Å². The number of H-pyrrole nitrogens is 1. The zero-order valence-electron chi connectivity index (χ0n) is 14.7. The molecule has 12 heteroatoms. The third kappa shape index (κ3) is 3.71. The third-order valence-corrected chi connectivity index (χ3v) is 5.37. The predicted octanol–water partition coefficient (Wildman–Crippen LogP) is 1.73. The number of aromatic amines is 1. The van der Waals surface area contributed by atoms with Gasteiger partial charge in [0.05, 0.1) is 10.8 Å². The lowest BCUT2D eigenvalue weighted by molar-refractivity contribution is 0.102. The van der Waals surface area contributed by atoms with Crippen LogP contribution in [0, 0.1) is 0 Å². The summed E-state index contributed by atoms with van der Waals surface area (Å²) < 4.78 is 1.88. The highest BCUT2D eigenvalue weighted by atomic mass is 35.5. The van der Waals surface area contributed by atoms with Crippen LogP contribution in [0.2, 0.25) is 10.0 Å². The van der Waals surface area contributed by atoms with E-state index in [0.717, 1.165) is 20.9 Å². The van der Waals surface area contributed by atoms with Gasteiger partial charge in [0.2, 0.25) is 5.16 Å². The molecule has 0 atom stereocenters. The molecular formula is C16H14Cl2N6O3S. The monoisotopic (exact) mass is 440 g/mol. The van der Waals surface area contributed by atoms with Gasteiger partial charge in [-0.1, -0.05) is 35.0 Å². The molecule has 0 saturated heterocycles. The number of thioether (sulfide) groups is 1. The number of nitrogens with zero attached hydrogens (tertiary/aromatic N) is 4. The van der Waals surface area contributed by atoms with E-state index in [4.69, 9.17) is 28.9 Å². The summed E-state index contributed by atoms with van der Waals surface area (Å²) in [6.45, 7) is 0. The second-order valence-electron chi connectivity index (χ2n) is 5.77. The Morgan fingerprint density at radius 1 is 1.25 bits per heavy atom. The number of aromatic nitrogens is 5. The molecule has 0 radical (unpaired) electrons. The van der Waals surface area contributed by atoms with Gasteiger partial charge in [-0.3, -0.25) is 23.8 Å². The molecule has 0 aliphatic rings. The summed E-state index contributed by atoms with van der Waals surface area (Å²) in [5.74, 6) is -0.436. The molecule has 0 bridgehead atoms. The van der Waals surface area contributed by atoms with Gasteiger partial charge in [-0.05, 0) is 18.2 Å². The molecule has 2 heterocycles. The van der Waals surface area contributed by atoms with Crippen molar-refractivity contribution in [2.75, 3.05) is 11.5 Å². The highest BCUT2D eigenvalue weighted by Gasteiger charge is 2.21. The first-order valence-electron chi connectivity index (χ1n) is 7.80. The van der Waals surface area contributed by atoms with Crippen LogP contribution in [-0.2, 0) is 14.1 Å². The Morgan fingerprint density at radius 3 is 2.64 bits per heavy atom. The van der Waals surface area contributed by atoms with E-state index in [-0.39, 0.29) is 22.3 Å². The molecule has 1 aromatic carbocycles. The van der Waals surface area contributed by atoms with Gasteiger partial charge in [-0.2, -0.15) is 0 Å². The van der Waals surface area contributed by atoms with Gasteiger partial charge in [0.1, 0.15) is 11.4 Å². The van der Waals surface area contributed by atoms with E-state index in [1.807, 2.05) is 0 Å². The number of halogens is 2. The Balaban J connectivity index is 1.81. The first-order chi connectivity index (χ1) is 13.2. The van der Waals surface area contributed by atoms with Crippen LogP contribution in [0.3, 0.4) is 0 Å². The van der Waals surface area contributed by atoms with Gasteiger partial charge in [0, 0.05) is 24.7 Å². The number of carbonyl (C=O) groups is 1. The molecule has 0 fully saturated rings. The molecule has 3 N–H and O–H groups in total. The Kier molecular flexibility index (Phi) is 5.64. The van der Waals surface area contributed by atoms with Crippen LogP contribution in [-0.4, -0.2) is 35.9 Å². The number of hydrogen-bond donors (Lipinski definition) is 2. The van der Waals surface area contributed by atoms with Crippen molar-refractivity contribution in [3.05, 3.63) is 54.6 Å². The van der Waals surface area contributed by atoms with Crippen molar-refractivity contribution >= 4 is 46.6 Å². The number of rotatable bonds is 5. The molecular weight excluding hydrogens is 427 g/mol. The molecule has 2 aromatic heterocycles. The highest BCUT2D eigenvalue weighted by molar-refractivity contribution is 7.99. The third-order valence-electron chi connectivity index (χ3n) is 3.97. The summed E-state index contributed by atoms with van der Waals surface area (Å²) in [6, 6.07) is 4.94. The maximum atomic E-state index is 12.5. The van der Waals surface area contributed by atoms with Crippen LogP contribution in [0.1, 0.15) is 10.4 Å². The van der Waals surface area contributed by atoms with Gasteiger partial charge >= 0.3 is 5.69 Å². The van der Waals surface area contributed by atoms with Crippen molar-refractivity contribution in [2.45, 2.75) is 5.16 Å². The van der Waals surface area contributed by atoms with E-state index < -0.39 is 17.0 Å². The first kappa shape index (κ1) is 20.2. The molecule has 0 aliphatic heterocycles. The normalized spacial score (nSPS) is 11.0. The largest absolute Gasteiger partial charge is 0.384 e. The quantitative estimate of drug-likeness (QED) is 0.456. The SMILES string of the molecule is Cn1c(N)c(C(=O)CSc2n[nH]c(-c3ccc(Cl)cc3Cl)n2)c(=O)n(C)c1=O. The number of benzene rings is 1. The summed E-state index contributed by atoms with van der Waals surface area (Å²) in [6.07, 6.45) is 0. The molecule has 0 amide bonds. The number of carbonyl (C=O) groups excluding carboxylic acids is 1. The summed E-state index contributed by atoms with van der Waals surface area (Å²) >= 11 is 13.0. The second-order valence-corrected chi connectivity index (χ2v) is 7.55. The Labute approximate surface area is 172 Å². The van der Waals surface area contributed by atoms with Crippen LogP contribution in [0.5, 0.6) is 0 Å². The Bertz CT molecular complexity index is 1200. The highest BCUT2D eigenvalue weighted by Crippen LogP contribution is 2.29. The topological polar surface area (TPSA) is 129 Å². The molecule has 0 unspecified atom stereocenters. The molecule has 28 heavy (non-hydrogen) atoms. The maximum Gasteiger partial charge on any atom is 0.332 e. The number of anilines is 1. The molecule has 146 valence electrons. The van der Waals surface area contributed by atoms with Crippen LogP contribution >= 0.6 is 35.0 Å². The van der Waals surface area contributed by atoms with E-state index in [1.165, 1.54) is 14.1 Å². The fourth-order valence-electron chi connectivity index (χ4n) is 2.44. The van der Waals surface area contributed by atoms with E-state index in [1.54, 1.807) is 18.2 Å². The van der Waals surface area contributed by atoms with E-state index in [0.29, 0.717) is 21.4 Å². The average molecular weight is 441 g/mol. The zero-order valence-corrected chi connectivity index (χ0v) is 17.0. The van der Waals surface area contributed by atoms with Crippen LogP contribution in [0.25, 0.3) is 11.4 Å². The minimum absolute atomic E-state index is 0.136. The first-order valence-corrected chi connectivity index (χ1v) is 9.54. The second kappa shape index (κ2) is 7.82. The van der Waals surface area contributed by atoms with E-state index in [2.05, 4.69) is 15.2 Å². The lowest BCUT2D eigenvalue weighted by atomic mass is 10.2. The number of nitrogen functional groups attached to an aromatic ring is 1. The van der Waals surface area contributed by atoms with Crippen molar-refractivity contribution < 1.29 is 4.79 Å². The number of ketones is 1. The van der Waals surface area contributed by atoms with Crippen molar-refractivity contribution in [1.29, 1.82) is 0 Å². The summed E-state index contributed by atoms with van der Waals surface area (Å²) in [5.41, 5.74) is 4.80. The Morgan fingerprint density at radius 2 is 1.96 bits per heavy atom. The number of Topliss-reactive ketones (excluding diaryl/α,β-unsaturated/α-hetero) is 1. The maximum absolute atomic E-state index is 12.5. The fourth-order valence-corrected chi connectivity index (χ4v) is 3.61. The van der Waals surface area contributed by atoms with Crippen molar-refractivity contribution in [3.63, 3.8) is 0 Å². The van der Waals surface area contributed by atoms with Gasteiger partial charge in [0.15, 0.2) is 11.6 Å². The van der Waals surface area contributed by atoms with Gasteiger partial charge in [0.25, 0.3) is 5.56 Å². The molecule has 3 rings (SSSR count). The van der Waals surface area contributed by atoms with Crippen molar-refractivity contribution in [3.8, 4) is 11.4 Å². The van der Waals surface area contributed by atoms with Gasteiger partial charge in [-0.25, -0.2) is 9.78 Å². The van der Waals surface area contributed by atoms with E-state index >= 15 is 0 Å². The van der Waals surface area contributed by atoms with Crippen LogP contribution in [0.15, 0.2) is 32.9 Å². The van der Waals surface area contributed by atoms with Crippen molar-refractivity contribution in [1.82, 2.24) is 24.3 Å². The smallest absolute Gasteiger partial charge is 0.332 e. The molecule has 3 aromatic rings. The lowest BCUT2D eigenvalue weighted by Crippen LogP contribution is -2.41. The van der Waals surface area contributed by atoms with E-state index in [9.17, 15) is 14.4 Å². The summed E-state index contributed by atoms with van der Waals surface area (Å²) in [7, 11) is 2.67. The standard InChI is InChI=1S/C16H14Cl2N6O3S/c1-23-12(19)11(14(26)24(2)16(23)27)10(25)6-28-15-20-13(21-22-15)8-4-3-7(17)5-9(8)18/h3-5H,6,19H2,1-2H3,(H,20,21,22). The predicted molar refractivity (Wildman–Crippen MR) is 108 cm³/mol. The molecule has 0 aliphatic carbocycles. The number of nitrogens with one attached hydrogen (secondary N) is 1. The molecule has 9 nitrogen and oxygen atoms in total. The number of nitrogens with two attached hydrogens (primary N) is 1. The van der Waals surface area contributed by atoms with Crippen LogP contribution in [0.4, 0.5) is 5.82 Å².